The number of allylic oxidation sites excluding steroid dienone is 3. The Hall–Kier alpha value is -2.18. The number of benzene rings is 1. The molecule has 1 aromatic rings. The fraction of sp³-hybridized carbons (Fsp3) is 0.0714. The van der Waals surface area contributed by atoms with Crippen molar-refractivity contribution in [1.82, 2.24) is 5.32 Å². The van der Waals surface area contributed by atoms with Crippen LogP contribution in [0.2, 0.25) is 0 Å². The van der Waals surface area contributed by atoms with E-state index in [0.29, 0.717) is 11.0 Å². The minimum atomic E-state index is -1.10. The molecule has 0 fully saturated rings. The van der Waals surface area contributed by atoms with E-state index in [-0.39, 0.29) is 7.12 Å². The van der Waals surface area contributed by atoms with Gasteiger partial charge in [-0.15, -0.1) is 0 Å². The van der Waals surface area contributed by atoms with Crippen LogP contribution in [0.1, 0.15) is 11.8 Å². The van der Waals surface area contributed by atoms with Gasteiger partial charge in [0.15, 0.2) is 0 Å². The van der Waals surface area contributed by atoms with E-state index in [1.165, 1.54) is 19.3 Å². The average Bonchev–Trinajstić information content (AvgIpc) is 2.44. The first kappa shape index (κ1) is 15.9. The van der Waals surface area contributed by atoms with Gasteiger partial charge in [-0.25, -0.2) is 4.39 Å². The van der Waals surface area contributed by atoms with E-state index in [1.54, 1.807) is 18.2 Å². The van der Waals surface area contributed by atoms with Gasteiger partial charge in [0.05, 0.1) is 0 Å². The van der Waals surface area contributed by atoms with Gasteiger partial charge >= 0.3 is 7.12 Å². The number of halogens is 1. The van der Waals surface area contributed by atoms with Crippen molar-refractivity contribution in [3.8, 4) is 0 Å². The highest BCUT2D eigenvalue weighted by molar-refractivity contribution is 6.60. The van der Waals surface area contributed by atoms with E-state index >= 15 is 0 Å². The molecule has 1 aromatic carbocycles. The number of hydrogen-bond donors (Lipinski definition) is 2. The molecule has 2 N–H and O–H groups in total. The topological polar surface area (TPSA) is 58.6 Å². The third kappa shape index (κ3) is 4.83. The van der Waals surface area contributed by atoms with E-state index in [4.69, 9.17) is 4.65 Å². The molecule has 0 bridgehead atoms. The summed E-state index contributed by atoms with van der Waals surface area (Å²) < 4.78 is 17.2. The number of rotatable bonds is 6. The Morgan fingerprint density at radius 2 is 2.20 bits per heavy atom. The second-order valence-corrected chi connectivity index (χ2v) is 3.97. The zero-order valence-corrected chi connectivity index (χ0v) is 11.1. The Kier molecular flexibility index (Phi) is 5.89. The van der Waals surface area contributed by atoms with E-state index in [1.807, 2.05) is 0 Å². The largest absolute Gasteiger partial charge is 0.490 e. The predicted molar refractivity (Wildman–Crippen MR) is 79.2 cm³/mol. The fourth-order valence-electron chi connectivity index (χ4n) is 1.42. The summed E-state index contributed by atoms with van der Waals surface area (Å²) in [5.41, 5.74) is 1.01. The summed E-state index contributed by atoms with van der Waals surface area (Å²) in [7, 11) is 0.258. The number of amides is 1. The highest BCUT2D eigenvalue weighted by atomic mass is 19.1. The molecule has 0 aliphatic carbocycles. The zero-order chi connectivity index (χ0) is 15.1. The lowest BCUT2D eigenvalue weighted by Crippen LogP contribution is -2.33. The van der Waals surface area contributed by atoms with Crippen molar-refractivity contribution >= 4 is 18.5 Å². The van der Waals surface area contributed by atoms with Crippen LogP contribution in [-0.4, -0.2) is 25.2 Å². The Balaban J connectivity index is 0.00000400. The highest BCUT2D eigenvalue weighted by Crippen LogP contribution is 2.01. The van der Waals surface area contributed by atoms with Gasteiger partial charge in [-0.3, -0.25) is 4.79 Å². The number of nitrogens with one attached hydrogen (secondary N) is 1. The quantitative estimate of drug-likeness (QED) is 0.612. The molecule has 0 unspecified atom stereocenters. The third-order valence-electron chi connectivity index (χ3n) is 2.40. The molecule has 0 radical (unpaired) electrons. The molecule has 0 heterocycles. The maximum absolute atomic E-state index is 12.4. The highest BCUT2D eigenvalue weighted by Gasteiger charge is 2.16. The normalized spacial score (nSPS) is 10.3. The Labute approximate surface area is 118 Å². The molecule has 0 saturated carbocycles. The molecule has 4 nitrogen and oxygen atoms in total. The Bertz CT molecular complexity index is 563. The molecule has 0 aliphatic heterocycles. The van der Waals surface area contributed by atoms with Gasteiger partial charge < -0.3 is 15.0 Å². The summed E-state index contributed by atoms with van der Waals surface area (Å²) in [5, 5.41) is 12.0. The smallest absolute Gasteiger partial charge is 0.423 e. The molecule has 0 aliphatic rings. The zero-order valence-electron chi connectivity index (χ0n) is 11.1. The van der Waals surface area contributed by atoms with Gasteiger partial charge in [-0.1, -0.05) is 25.3 Å². The average molecular weight is 277 g/mol. The number of carbonyl (C=O) groups is 1. The summed E-state index contributed by atoms with van der Waals surface area (Å²) in [5.74, 6) is -1.06. The Morgan fingerprint density at radius 3 is 2.80 bits per heavy atom. The van der Waals surface area contributed by atoms with Crippen LogP contribution in [0, 0.1) is 0 Å². The second kappa shape index (κ2) is 7.42. The van der Waals surface area contributed by atoms with Gasteiger partial charge in [0, 0.05) is 19.8 Å². The number of hydrogen-bond acceptors (Lipinski definition) is 3. The molecule has 0 saturated heterocycles. The maximum atomic E-state index is 12.4. The van der Waals surface area contributed by atoms with Crippen molar-refractivity contribution in [2.24, 2.45) is 0 Å². The van der Waals surface area contributed by atoms with Crippen molar-refractivity contribution in [2.45, 2.75) is 0 Å². The van der Waals surface area contributed by atoms with Crippen molar-refractivity contribution in [1.29, 1.82) is 0 Å². The molecule has 0 spiro atoms. The summed E-state index contributed by atoms with van der Waals surface area (Å²) in [6, 6.07) is 6.32. The minimum Gasteiger partial charge on any atom is -0.423 e. The monoisotopic (exact) mass is 277 g/mol. The van der Waals surface area contributed by atoms with E-state index in [0.717, 1.165) is 6.08 Å². The van der Waals surface area contributed by atoms with Crippen LogP contribution in [0.25, 0.3) is 0 Å². The molecular weight excluding hydrogens is 260 g/mol. The van der Waals surface area contributed by atoms with E-state index in [9.17, 15) is 14.2 Å². The van der Waals surface area contributed by atoms with Gasteiger partial charge in [-0.2, -0.15) is 0 Å². The van der Waals surface area contributed by atoms with Gasteiger partial charge in [-0.05, 0) is 29.7 Å². The van der Waals surface area contributed by atoms with Gasteiger partial charge in [0.25, 0.3) is 5.91 Å². The second-order valence-electron chi connectivity index (χ2n) is 3.97. The molecule has 1 rings (SSSR count). The summed E-state index contributed by atoms with van der Waals surface area (Å²) >= 11 is 0. The fourth-order valence-corrected chi connectivity index (χ4v) is 1.42. The SMILES string of the molecule is C=C(F)/C=C\C(=C)NC(=O)c1cccc(B(O)OC)c1.[HH]. The molecule has 0 aromatic heterocycles. The maximum Gasteiger partial charge on any atom is 0.490 e. The summed E-state index contributed by atoms with van der Waals surface area (Å²) in [4.78, 5) is 11.9. The van der Waals surface area contributed by atoms with E-state index < -0.39 is 18.9 Å². The number of carbonyl (C=O) groups excluding carboxylic acids is 1. The Morgan fingerprint density at radius 1 is 1.50 bits per heavy atom. The summed E-state index contributed by atoms with van der Waals surface area (Å²) in [6.45, 7) is 6.62. The van der Waals surface area contributed by atoms with Crippen LogP contribution in [0.3, 0.4) is 0 Å². The van der Waals surface area contributed by atoms with Crippen LogP contribution in [0.15, 0.2) is 61.1 Å². The van der Waals surface area contributed by atoms with Crippen LogP contribution in [0.4, 0.5) is 4.39 Å². The van der Waals surface area contributed by atoms with Crippen LogP contribution in [-0.2, 0) is 4.65 Å². The molecule has 0 atom stereocenters. The van der Waals surface area contributed by atoms with Crippen molar-refractivity contribution in [3.05, 3.63) is 66.7 Å². The summed E-state index contributed by atoms with van der Waals surface area (Å²) in [6.07, 6.45) is 2.39. The van der Waals surface area contributed by atoms with Gasteiger partial charge in [0.1, 0.15) is 5.83 Å². The third-order valence-corrected chi connectivity index (χ3v) is 2.40. The molecule has 1 amide bonds. The lowest BCUT2D eigenvalue weighted by atomic mass is 9.79. The first-order valence-electron chi connectivity index (χ1n) is 5.77. The predicted octanol–water partition coefficient (Wildman–Crippen LogP) is 1.55. The first-order valence-corrected chi connectivity index (χ1v) is 5.77. The van der Waals surface area contributed by atoms with Crippen molar-refractivity contribution < 1.29 is 20.3 Å². The van der Waals surface area contributed by atoms with Crippen LogP contribution < -0.4 is 10.8 Å². The lowest BCUT2D eigenvalue weighted by molar-refractivity contribution is 0.0967. The van der Waals surface area contributed by atoms with Crippen LogP contribution in [0.5, 0.6) is 0 Å². The van der Waals surface area contributed by atoms with Crippen molar-refractivity contribution in [3.63, 3.8) is 0 Å². The molecule has 20 heavy (non-hydrogen) atoms. The van der Waals surface area contributed by atoms with Gasteiger partial charge in [0.2, 0.25) is 0 Å². The lowest BCUT2D eigenvalue weighted by Gasteiger charge is -2.08. The van der Waals surface area contributed by atoms with Crippen molar-refractivity contribution in [2.75, 3.05) is 7.11 Å². The van der Waals surface area contributed by atoms with Crippen LogP contribution >= 0.6 is 0 Å². The molecule has 6 heteroatoms. The molecular formula is C14H17BFNO3. The first-order chi connectivity index (χ1) is 9.43. The van der Waals surface area contributed by atoms with E-state index in [2.05, 4.69) is 18.5 Å². The molecule has 106 valence electrons. The standard InChI is InChI=1S/C14H15BFNO3.H2/c1-10(16)7-8-11(2)17-14(18)12-5-4-6-13(9-12)15(19)20-3;/h4-9,19H,1-2H2,3H3,(H,17,18);1H/b8-7-;. The minimum absolute atomic E-state index is 0.